The molecule has 0 heteroatoms. The van der Waals surface area contributed by atoms with E-state index in [-0.39, 0.29) is 0 Å². The maximum atomic E-state index is 2.44. The first-order chi connectivity index (χ1) is 27.6. The predicted molar refractivity (Wildman–Crippen MR) is 243 cm³/mol. The zero-order chi connectivity index (χ0) is 37.9. The van der Waals surface area contributed by atoms with Gasteiger partial charge in [0.15, 0.2) is 0 Å². The third kappa shape index (κ3) is 5.13. The Balaban J connectivity index is 1.37. The average molecular weight is 717 g/mol. The molecule has 0 N–H and O–H groups in total. The molecule has 0 fully saturated rings. The molecule has 0 atom stereocenters. The molecule has 0 aliphatic heterocycles. The molecule has 0 aromatic heterocycles. The fourth-order valence-electron chi connectivity index (χ4n) is 9.79. The van der Waals surface area contributed by atoms with E-state index in [1.807, 2.05) is 0 Å². The van der Waals surface area contributed by atoms with E-state index in [9.17, 15) is 0 Å². The van der Waals surface area contributed by atoms with Gasteiger partial charge in [-0.15, -0.1) is 0 Å². The smallest absolute Gasteiger partial charge is 0.000719 e. The topological polar surface area (TPSA) is 0 Å². The van der Waals surface area contributed by atoms with Gasteiger partial charge in [-0.1, -0.05) is 170 Å². The zero-order valence-corrected chi connectivity index (χ0v) is 32.6. The number of allylic oxidation sites excluding steroid dienone is 8. The van der Waals surface area contributed by atoms with Crippen molar-refractivity contribution in [2.75, 3.05) is 0 Å². The predicted octanol–water partition coefficient (Wildman–Crippen LogP) is 15.8. The van der Waals surface area contributed by atoms with Crippen molar-refractivity contribution < 1.29 is 0 Å². The average Bonchev–Trinajstić information content (AvgIpc) is 3.82. The lowest BCUT2D eigenvalue weighted by molar-refractivity contribution is 1.02. The highest BCUT2D eigenvalue weighted by molar-refractivity contribution is 6.28. The van der Waals surface area contributed by atoms with Crippen molar-refractivity contribution in [1.82, 2.24) is 0 Å². The van der Waals surface area contributed by atoms with Gasteiger partial charge in [-0.25, -0.2) is 0 Å². The summed E-state index contributed by atoms with van der Waals surface area (Å²) in [6.45, 7) is 8.76. The van der Waals surface area contributed by atoms with Crippen LogP contribution in [0.2, 0.25) is 0 Å². The van der Waals surface area contributed by atoms with Gasteiger partial charge >= 0.3 is 0 Å². The van der Waals surface area contributed by atoms with Gasteiger partial charge in [0.2, 0.25) is 0 Å². The Labute approximate surface area is 330 Å². The second-order valence-corrected chi connectivity index (χ2v) is 15.4. The molecule has 0 radical (unpaired) electrons. The van der Waals surface area contributed by atoms with E-state index in [1.54, 1.807) is 0 Å². The summed E-state index contributed by atoms with van der Waals surface area (Å²) >= 11 is 0. The molecule has 2 aliphatic rings. The number of rotatable bonds is 7. The van der Waals surface area contributed by atoms with E-state index in [4.69, 9.17) is 0 Å². The Morgan fingerprint density at radius 1 is 0.446 bits per heavy atom. The van der Waals surface area contributed by atoms with Gasteiger partial charge in [-0.3, -0.25) is 0 Å². The van der Waals surface area contributed by atoms with E-state index in [2.05, 4.69) is 198 Å². The van der Waals surface area contributed by atoms with E-state index in [1.165, 1.54) is 121 Å². The molecule has 0 amide bonds. The van der Waals surface area contributed by atoms with Gasteiger partial charge in [-0.2, -0.15) is 0 Å². The summed E-state index contributed by atoms with van der Waals surface area (Å²) in [5.74, 6) is 0. The highest BCUT2D eigenvalue weighted by atomic mass is 14.3. The third-order valence-electron chi connectivity index (χ3n) is 12.4. The number of hydrogen-bond donors (Lipinski definition) is 0. The van der Waals surface area contributed by atoms with Crippen LogP contribution in [0.4, 0.5) is 0 Å². The summed E-state index contributed by atoms with van der Waals surface area (Å²) in [7, 11) is 0. The Morgan fingerprint density at radius 2 is 1.04 bits per heavy atom. The number of benzene rings is 8. The van der Waals surface area contributed by atoms with Crippen LogP contribution >= 0.6 is 0 Å². The van der Waals surface area contributed by atoms with Crippen LogP contribution in [0.25, 0.3) is 93.5 Å². The quantitative estimate of drug-likeness (QED) is 0.144. The van der Waals surface area contributed by atoms with Gasteiger partial charge in [-0.05, 0) is 162 Å². The Bertz CT molecular complexity index is 3020. The minimum absolute atomic E-state index is 1.13. The van der Waals surface area contributed by atoms with Crippen LogP contribution in [0.15, 0.2) is 181 Å². The molecule has 56 heavy (non-hydrogen) atoms. The normalized spacial score (nSPS) is 13.8. The van der Waals surface area contributed by atoms with Crippen LogP contribution < -0.4 is 0 Å². The maximum Gasteiger partial charge on any atom is -0.000719 e. The monoisotopic (exact) mass is 716 g/mol. The van der Waals surface area contributed by atoms with E-state index < -0.39 is 0 Å². The summed E-state index contributed by atoms with van der Waals surface area (Å²) in [6, 6.07) is 52.6. The Morgan fingerprint density at radius 3 is 1.80 bits per heavy atom. The molecule has 268 valence electrons. The lowest BCUT2D eigenvalue weighted by atomic mass is 9.79. The minimum atomic E-state index is 1.13. The minimum Gasteiger partial charge on any atom is -0.0877 e. The highest BCUT2D eigenvalue weighted by Crippen LogP contribution is 2.59. The van der Waals surface area contributed by atoms with E-state index in [0.29, 0.717) is 0 Å². The first-order valence-electron chi connectivity index (χ1n) is 20.1. The molecule has 0 heterocycles. The summed E-state index contributed by atoms with van der Waals surface area (Å²) in [6.07, 6.45) is 13.3. The molecule has 0 unspecified atom stereocenters. The second kappa shape index (κ2) is 13.7. The summed E-state index contributed by atoms with van der Waals surface area (Å²) in [5.41, 5.74) is 21.0. The summed E-state index contributed by atoms with van der Waals surface area (Å²) < 4.78 is 0. The first kappa shape index (κ1) is 34.0. The van der Waals surface area contributed by atoms with Crippen LogP contribution in [0.3, 0.4) is 0 Å². The Kier molecular flexibility index (Phi) is 8.30. The van der Waals surface area contributed by atoms with Crippen LogP contribution in [0.1, 0.15) is 44.4 Å². The molecule has 0 spiro atoms. The lowest BCUT2D eigenvalue weighted by Crippen LogP contribution is -1.99. The van der Waals surface area contributed by atoms with E-state index in [0.717, 1.165) is 12.8 Å². The number of hydrogen-bond acceptors (Lipinski definition) is 0. The molecule has 0 nitrogen and oxygen atoms in total. The van der Waals surface area contributed by atoms with Crippen LogP contribution in [0.5, 0.6) is 0 Å². The van der Waals surface area contributed by atoms with Crippen molar-refractivity contribution >= 4 is 37.9 Å². The largest absolute Gasteiger partial charge is 0.0877 e. The Hall–Kier alpha value is -6.50. The highest BCUT2D eigenvalue weighted by Gasteiger charge is 2.33. The van der Waals surface area contributed by atoms with Crippen molar-refractivity contribution in [1.29, 1.82) is 0 Å². The standard InChI is InChI=1S/C56H44/c1-5-7-18-35(3)36(4)40(17-6-2)53-47-24-13-14-25-48(47)54(44-23-12-11-22-41(44)37-19-9-8-10-20-37)55-49-28-16-27-46-43(33-34-50(52(46)49)56(53)55)42-32-31-39-30-29-38-21-15-26-45(42)51(38)39/h5-28,31-34H,29-30H2,1-4H3/b7-5-,17-6-,35-18+,40-36-. The summed E-state index contributed by atoms with van der Waals surface area (Å²) in [4.78, 5) is 0. The van der Waals surface area contributed by atoms with Crippen molar-refractivity contribution in [2.45, 2.75) is 40.5 Å². The van der Waals surface area contributed by atoms with Crippen molar-refractivity contribution in [3.63, 3.8) is 0 Å². The lowest BCUT2D eigenvalue weighted by Gasteiger charge is -2.23. The fourth-order valence-corrected chi connectivity index (χ4v) is 9.79. The van der Waals surface area contributed by atoms with Crippen LogP contribution in [0, 0.1) is 0 Å². The van der Waals surface area contributed by atoms with Gasteiger partial charge in [0.25, 0.3) is 0 Å². The van der Waals surface area contributed by atoms with Gasteiger partial charge in [0, 0.05) is 0 Å². The molecule has 0 saturated heterocycles. The van der Waals surface area contributed by atoms with Gasteiger partial charge in [0.1, 0.15) is 0 Å². The molecule has 10 rings (SSSR count). The fraction of sp³-hybridized carbons (Fsp3) is 0.107. The van der Waals surface area contributed by atoms with Crippen molar-refractivity contribution in [2.24, 2.45) is 0 Å². The summed E-state index contributed by atoms with van der Waals surface area (Å²) in [5, 5.41) is 8.03. The molecule has 8 aromatic rings. The molecular formula is C56H44. The SMILES string of the molecule is C\C=C/C=C(C)/C(C)=C(/C=C\C)c1c2c(c(-c3ccccc3-c3ccccc3)c3ccccc13)-c1cccc3c(-c4ccc5c6c(cccc46)CC5)ccc-2c13. The zero-order valence-electron chi connectivity index (χ0n) is 32.6. The van der Waals surface area contributed by atoms with Crippen LogP contribution in [-0.4, -0.2) is 0 Å². The molecule has 0 saturated carbocycles. The molecule has 8 aromatic carbocycles. The third-order valence-corrected chi connectivity index (χ3v) is 12.4. The maximum absolute atomic E-state index is 2.44. The first-order valence-corrected chi connectivity index (χ1v) is 20.1. The van der Waals surface area contributed by atoms with Gasteiger partial charge < -0.3 is 0 Å². The van der Waals surface area contributed by atoms with Crippen LogP contribution in [-0.2, 0) is 12.8 Å². The molecule has 2 aliphatic carbocycles. The second-order valence-electron chi connectivity index (χ2n) is 15.4. The number of fused-ring (bicyclic) bond motifs is 4. The van der Waals surface area contributed by atoms with Crippen molar-refractivity contribution in [3.8, 4) is 55.6 Å². The van der Waals surface area contributed by atoms with Crippen molar-refractivity contribution in [3.05, 3.63) is 198 Å². The molecule has 0 bridgehead atoms. The molecular weight excluding hydrogens is 673 g/mol. The number of aryl methyl sites for hydroxylation is 2. The van der Waals surface area contributed by atoms with Gasteiger partial charge in [0.05, 0.1) is 0 Å². The van der Waals surface area contributed by atoms with E-state index >= 15 is 0 Å².